The molecule has 4 aromatic rings. The third-order valence-corrected chi connectivity index (χ3v) is 5.50. The Morgan fingerprint density at radius 1 is 1.00 bits per heavy atom. The monoisotopic (exact) mass is 419 g/mol. The van der Waals surface area contributed by atoms with Gasteiger partial charge in [0.25, 0.3) is 0 Å². The number of benzene rings is 2. The number of halogens is 1. The third kappa shape index (κ3) is 5.08. The maximum absolute atomic E-state index is 12.3. The number of nitrogens with zero attached hydrogens (tertiary/aromatic N) is 2. The minimum atomic E-state index is -0.0236. The van der Waals surface area contributed by atoms with E-state index in [0.29, 0.717) is 17.9 Å². The third-order valence-electron chi connectivity index (χ3n) is 4.38. The normalized spacial score (nSPS) is 10.7. The predicted octanol–water partition coefficient (Wildman–Crippen LogP) is 6.10. The molecule has 1 amide bonds. The molecule has 1 N–H and O–H groups in total. The zero-order valence-corrected chi connectivity index (χ0v) is 17.1. The topological polar surface area (TPSA) is 54.9 Å². The fourth-order valence-corrected chi connectivity index (χ4v) is 3.83. The second-order valence-corrected chi connectivity index (χ2v) is 7.80. The first-order chi connectivity index (χ1) is 14.2. The molecule has 2 heterocycles. The summed E-state index contributed by atoms with van der Waals surface area (Å²) in [5, 5.41) is 6.55. The van der Waals surface area contributed by atoms with Gasteiger partial charge < -0.3 is 5.32 Å². The van der Waals surface area contributed by atoms with Crippen LogP contribution < -0.4 is 5.32 Å². The summed E-state index contributed by atoms with van der Waals surface area (Å²) < 4.78 is 0. The van der Waals surface area contributed by atoms with Crippen LogP contribution >= 0.6 is 22.9 Å². The van der Waals surface area contributed by atoms with Gasteiger partial charge in [0.1, 0.15) is 5.01 Å². The molecule has 144 valence electrons. The number of thiazole rings is 1. The Morgan fingerprint density at radius 2 is 1.86 bits per heavy atom. The lowest BCUT2D eigenvalue weighted by Gasteiger charge is -2.07. The molecule has 0 aliphatic heterocycles. The highest BCUT2D eigenvalue weighted by atomic mass is 35.5. The summed E-state index contributed by atoms with van der Waals surface area (Å²) in [4.78, 5) is 21.4. The molecule has 6 heteroatoms. The molecule has 0 aliphatic rings. The van der Waals surface area contributed by atoms with Crippen molar-refractivity contribution in [1.29, 1.82) is 0 Å². The molecule has 0 unspecified atom stereocenters. The van der Waals surface area contributed by atoms with Gasteiger partial charge in [0.05, 0.1) is 11.4 Å². The van der Waals surface area contributed by atoms with Crippen LogP contribution in [0, 0.1) is 0 Å². The number of hydrogen-bond acceptors (Lipinski definition) is 4. The number of hydrogen-bond donors (Lipinski definition) is 1. The van der Waals surface area contributed by atoms with Gasteiger partial charge in [-0.25, -0.2) is 4.98 Å². The maximum Gasteiger partial charge on any atom is 0.224 e. The Bertz CT molecular complexity index is 1110. The van der Waals surface area contributed by atoms with Crippen molar-refractivity contribution in [2.75, 3.05) is 5.32 Å². The minimum Gasteiger partial charge on any atom is -0.326 e. The van der Waals surface area contributed by atoms with E-state index >= 15 is 0 Å². The Kier molecular flexibility index (Phi) is 5.98. The molecular formula is C23H18ClN3OS. The van der Waals surface area contributed by atoms with Gasteiger partial charge >= 0.3 is 0 Å². The highest BCUT2D eigenvalue weighted by molar-refractivity contribution is 7.13. The largest absolute Gasteiger partial charge is 0.326 e. The smallest absolute Gasteiger partial charge is 0.224 e. The van der Waals surface area contributed by atoms with E-state index in [2.05, 4.69) is 15.3 Å². The van der Waals surface area contributed by atoms with Crippen LogP contribution in [0.5, 0.6) is 0 Å². The first kappa shape index (κ1) is 19.3. The second kappa shape index (κ2) is 8.99. The van der Waals surface area contributed by atoms with E-state index in [-0.39, 0.29) is 5.91 Å². The van der Waals surface area contributed by atoms with Crippen molar-refractivity contribution < 1.29 is 4.79 Å². The summed E-state index contributed by atoms with van der Waals surface area (Å²) in [5.74, 6) is -0.0236. The van der Waals surface area contributed by atoms with Crippen molar-refractivity contribution in [2.24, 2.45) is 0 Å². The number of rotatable bonds is 6. The number of amides is 1. The van der Waals surface area contributed by atoms with Crippen LogP contribution in [0.4, 0.5) is 5.69 Å². The van der Waals surface area contributed by atoms with Crippen LogP contribution in [0.3, 0.4) is 0 Å². The molecule has 2 aromatic carbocycles. The van der Waals surface area contributed by atoms with Gasteiger partial charge in [0, 0.05) is 34.3 Å². The zero-order valence-electron chi connectivity index (χ0n) is 15.5. The number of nitrogens with one attached hydrogen (secondary N) is 1. The van der Waals surface area contributed by atoms with Crippen LogP contribution in [0.15, 0.2) is 78.3 Å². The summed E-state index contributed by atoms with van der Waals surface area (Å²) in [6, 6.07) is 21.1. The van der Waals surface area contributed by atoms with Gasteiger partial charge in [-0.3, -0.25) is 9.78 Å². The Labute approximate surface area is 178 Å². The van der Waals surface area contributed by atoms with Crippen LogP contribution in [0.1, 0.15) is 12.0 Å². The molecule has 0 fully saturated rings. The van der Waals surface area contributed by atoms with Crippen LogP contribution in [-0.4, -0.2) is 15.9 Å². The summed E-state index contributed by atoms with van der Waals surface area (Å²) in [5.41, 5.74) is 4.53. The minimum absolute atomic E-state index is 0.0236. The molecule has 2 aromatic heterocycles. The molecule has 0 bridgehead atoms. The maximum atomic E-state index is 12.3. The average molecular weight is 420 g/mol. The Hall–Kier alpha value is -3.02. The van der Waals surface area contributed by atoms with Crippen molar-refractivity contribution in [3.8, 4) is 22.0 Å². The van der Waals surface area contributed by atoms with E-state index in [9.17, 15) is 4.79 Å². The molecule has 29 heavy (non-hydrogen) atoms. The Morgan fingerprint density at radius 3 is 2.66 bits per heavy atom. The van der Waals surface area contributed by atoms with Crippen molar-refractivity contribution in [3.05, 3.63) is 88.9 Å². The molecule has 0 aliphatic carbocycles. The number of anilines is 1. The fraction of sp³-hybridized carbons (Fsp3) is 0.0870. The lowest BCUT2D eigenvalue weighted by molar-refractivity contribution is -0.116. The van der Waals surface area contributed by atoms with Gasteiger partial charge in [-0.05, 0) is 48.4 Å². The first-order valence-electron chi connectivity index (χ1n) is 9.19. The predicted molar refractivity (Wildman–Crippen MR) is 119 cm³/mol. The lowest BCUT2D eigenvalue weighted by atomic mass is 10.1. The SMILES string of the molecule is O=C(CCc1ccc(Cl)cc1)Nc1cccc(-c2csc(-c3ccccn3)n2)c1. The number of carbonyl (C=O) groups excluding carboxylic acids is 1. The number of aryl methyl sites for hydroxylation is 1. The molecule has 0 saturated heterocycles. The van der Waals surface area contributed by atoms with E-state index in [1.165, 1.54) is 0 Å². The molecule has 4 nitrogen and oxygen atoms in total. The van der Waals surface area contributed by atoms with Crippen molar-refractivity contribution in [2.45, 2.75) is 12.8 Å². The van der Waals surface area contributed by atoms with Crippen LogP contribution in [0.2, 0.25) is 5.02 Å². The first-order valence-corrected chi connectivity index (χ1v) is 10.4. The van der Waals surface area contributed by atoms with E-state index in [1.54, 1.807) is 17.5 Å². The lowest BCUT2D eigenvalue weighted by Crippen LogP contribution is -2.12. The Balaban J connectivity index is 1.41. The number of carbonyl (C=O) groups is 1. The highest BCUT2D eigenvalue weighted by Crippen LogP contribution is 2.29. The van der Waals surface area contributed by atoms with Crippen LogP contribution in [-0.2, 0) is 11.2 Å². The van der Waals surface area contributed by atoms with Crippen LogP contribution in [0.25, 0.3) is 22.0 Å². The van der Waals surface area contributed by atoms with Gasteiger partial charge in [-0.2, -0.15) is 0 Å². The summed E-state index contributed by atoms with van der Waals surface area (Å²) >= 11 is 7.45. The summed E-state index contributed by atoms with van der Waals surface area (Å²) in [6.45, 7) is 0. The molecule has 0 radical (unpaired) electrons. The highest BCUT2D eigenvalue weighted by Gasteiger charge is 2.09. The van der Waals surface area contributed by atoms with Crippen molar-refractivity contribution >= 4 is 34.5 Å². The average Bonchev–Trinajstić information content (AvgIpc) is 3.25. The fourth-order valence-electron chi connectivity index (χ4n) is 2.90. The quantitative estimate of drug-likeness (QED) is 0.411. The second-order valence-electron chi connectivity index (χ2n) is 6.51. The number of aromatic nitrogens is 2. The van der Waals surface area contributed by atoms with E-state index < -0.39 is 0 Å². The van der Waals surface area contributed by atoms with Gasteiger partial charge in [-0.1, -0.05) is 41.9 Å². The molecule has 0 atom stereocenters. The number of pyridine rings is 1. The van der Waals surface area contributed by atoms with Crippen molar-refractivity contribution in [3.63, 3.8) is 0 Å². The van der Waals surface area contributed by atoms with E-state index in [1.807, 2.05) is 72.1 Å². The van der Waals surface area contributed by atoms with E-state index in [0.717, 1.165) is 33.2 Å². The summed E-state index contributed by atoms with van der Waals surface area (Å²) in [6.07, 6.45) is 2.84. The van der Waals surface area contributed by atoms with Gasteiger partial charge in [0.2, 0.25) is 5.91 Å². The zero-order chi connectivity index (χ0) is 20.1. The standard InChI is InChI=1S/C23H18ClN3OS/c24-18-10-7-16(8-11-18)9-12-22(28)26-19-5-3-4-17(14-19)21-15-29-23(27-21)20-6-1-2-13-25-20/h1-8,10-11,13-15H,9,12H2,(H,26,28). The molecule has 4 rings (SSSR count). The van der Waals surface area contributed by atoms with Crippen molar-refractivity contribution in [1.82, 2.24) is 9.97 Å². The molecule has 0 saturated carbocycles. The van der Waals surface area contributed by atoms with Gasteiger partial charge in [-0.15, -0.1) is 11.3 Å². The molecule has 0 spiro atoms. The van der Waals surface area contributed by atoms with E-state index in [4.69, 9.17) is 11.6 Å². The molecular weight excluding hydrogens is 402 g/mol. The van der Waals surface area contributed by atoms with Gasteiger partial charge in [0.15, 0.2) is 0 Å². The summed E-state index contributed by atoms with van der Waals surface area (Å²) in [7, 11) is 0.